The molecular formula is C16H31F3N2. The summed E-state index contributed by atoms with van der Waals surface area (Å²) in [5.41, 5.74) is 0. The predicted octanol–water partition coefficient (Wildman–Crippen LogP) is 3.73. The van der Waals surface area contributed by atoms with Crippen LogP contribution in [0.1, 0.15) is 34.1 Å². The van der Waals surface area contributed by atoms with E-state index in [9.17, 15) is 13.2 Å². The molecule has 21 heavy (non-hydrogen) atoms. The van der Waals surface area contributed by atoms with Crippen LogP contribution in [-0.2, 0) is 0 Å². The highest BCUT2D eigenvalue weighted by Gasteiger charge is 2.49. The molecule has 0 spiro atoms. The van der Waals surface area contributed by atoms with E-state index in [-0.39, 0.29) is 0 Å². The molecular weight excluding hydrogens is 277 g/mol. The van der Waals surface area contributed by atoms with Crippen molar-refractivity contribution >= 4 is 0 Å². The first-order valence-corrected chi connectivity index (χ1v) is 7.90. The highest BCUT2D eigenvalue weighted by atomic mass is 19.4. The average molecular weight is 308 g/mol. The summed E-state index contributed by atoms with van der Waals surface area (Å²) in [5.74, 6) is 1.04. The smallest absolute Gasteiger partial charge is 0.306 e. The maximum Gasteiger partial charge on any atom is 0.404 e. The molecule has 4 unspecified atom stereocenters. The summed E-state index contributed by atoms with van der Waals surface area (Å²) in [7, 11) is 5.75. The van der Waals surface area contributed by atoms with Gasteiger partial charge in [0.2, 0.25) is 0 Å². The van der Waals surface area contributed by atoms with Crippen molar-refractivity contribution in [3.8, 4) is 0 Å². The molecule has 0 amide bonds. The lowest BCUT2D eigenvalue weighted by molar-refractivity contribution is -0.192. The predicted molar refractivity (Wildman–Crippen MR) is 81.2 cm³/mol. The Morgan fingerprint density at radius 3 is 1.86 bits per heavy atom. The van der Waals surface area contributed by atoms with Gasteiger partial charge in [0.1, 0.15) is 6.04 Å². The SMILES string of the molecule is CC(C)C(C1CC1CN(C)C(C(C)C)C(F)(F)F)N(C)C. The molecule has 5 heteroatoms. The summed E-state index contributed by atoms with van der Waals surface area (Å²) in [6.45, 7) is 8.22. The first-order chi connectivity index (χ1) is 9.46. The largest absolute Gasteiger partial charge is 0.404 e. The average Bonchev–Trinajstić information content (AvgIpc) is 2.91. The van der Waals surface area contributed by atoms with Gasteiger partial charge in [-0.2, -0.15) is 13.2 Å². The number of nitrogens with zero attached hydrogens (tertiary/aromatic N) is 2. The topological polar surface area (TPSA) is 6.48 Å². The van der Waals surface area contributed by atoms with Gasteiger partial charge in [-0.25, -0.2) is 0 Å². The summed E-state index contributed by atoms with van der Waals surface area (Å²) >= 11 is 0. The first-order valence-electron chi connectivity index (χ1n) is 7.90. The second kappa shape index (κ2) is 6.86. The molecule has 0 saturated heterocycles. The standard InChI is InChI=1S/C16H31F3N2/c1-10(2)14(20(5)6)13-8-12(13)9-21(7)15(11(3)4)16(17,18)19/h10-15H,8-9H2,1-7H3. The number of rotatable bonds is 7. The van der Waals surface area contributed by atoms with E-state index in [2.05, 4.69) is 32.8 Å². The minimum Gasteiger partial charge on any atom is -0.306 e. The van der Waals surface area contributed by atoms with Gasteiger partial charge < -0.3 is 4.90 Å². The van der Waals surface area contributed by atoms with Crippen LogP contribution in [0.3, 0.4) is 0 Å². The van der Waals surface area contributed by atoms with Crippen molar-refractivity contribution in [2.75, 3.05) is 27.7 Å². The van der Waals surface area contributed by atoms with Gasteiger partial charge in [0, 0.05) is 12.6 Å². The Morgan fingerprint density at radius 2 is 1.52 bits per heavy atom. The van der Waals surface area contributed by atoms with E-state index in [0.29, 0.717) is 30.3 Å². The number of alkyl halides is 3. The maximum absolute atomic E-state index is 13.2. The second-order valence-corrected chi connectivity index (χ2v) is 7.53. The van der Waals surface area contributed by atoms with E-state index < -0.39 is 18.1 Å². The third-order valence-electron chi connectivity index (χ3n) is 4.66. The van der Waals surface area contributed by atoms with Crippen molar-refractivity contribution < 1.29 is 13.2 Å². The third kappa shape index (κ3) is 4.85. The molecule has 4 atom stereocenters. The van der Waals surface area contributed by atoms with Crippen molar-refractivity contribution in [3.63, 3.8) is 0 Å². The molecule has 2 nitrogen and oxygen atoms in total. The summed E-state index contributed by atoms with van der Waals surface area (Å²) in [5, 5.41) is 0. The van der Waals surface area contributed by atoms with E-state index in [4.69, 9.17) is 0 Å². The molecule has 0 bridgehead atoms. The molecule has 0 aromatic rings. The Labute approximate surface area is 127 Å². The highest BCUT2D eigenvalue weighted by molar-refractivity contribution is 4.98. The Bertz CT molecular complexity index is 318. The Kier molecular flexibility index (Phi) is 6.13. The lowest BCUT2D eigenvalue weighted by Crippen LogP contribution is -2.48. The van der Waals surface area contributed by atoms with E-state index in [1.54, 1.807) is 20.9 Å². The fourth-order valence-corrected chi connectivity index (χ4v) is 3.99. The lowest BCUT2D eigenvalue weighted by Gasteiger charge is -2.34. The normalized spacial score (nSPS) is 26.0. The van der Waals surface area contributed by atoms with Crippen LogP contribution in [0.5, 0.6) is 0 Å². The fourth-order valence-electron chi connectivity index (χ4n) is 3.99. The van der Waals surface area contributed by atoms with Crippen LogP contribution in [0.2, 0.25) is 0 Å². The molecule has 0 aromatic heterocycles. The molecule has 1 aliphatic carbocycles. The van der Waals surface area contributed by atoms with Crippen molar-refractivity contribution in [1.82, 2.24) is 9.80 Å². The minimum atomic E-state index is -4.15. The monoisotopic (exact) mass is 308 g/mol. The van der Waals surface area contributed by atoms with Crippen LogP contribution < -0.4 is 0 Å². The molecule has 0 heterocycles. The van der Waals surface area contributed by atoms with Crippen LogP contribution in [-0.4, -0.2) is 55.7 Å². The molecule has 1 saturated carbocycles. The summed E-state index contributed by atoms with van der Waals surface area (Å²) < 4.78 is 39.5. The molecule has 1 fully saturated rings. The lowest BCUT2D eigenvalue weighted by atomic mass is 9.96. The Hall–Kier alpha value is -0.290. The fraction of sp³-hybridized carbons (Fsp3) is 1.00. The van der Waals surface area contributed by atoms with Gasteiger partial charge in [0.25, 0.3) is 0 Å². The number of hydrogen-bond acceptors (Lipinski definition) is 2. The zero-order valence-electron chi connectivity index (χ0n) is 14.4. The molecule has 0 N–H and O–H groups in total. The maximum atomic E-state index is 13.2. The van der Waals surface area contributed by atoms with Gasteiger partial charge in [-0.3, -0.25) is 4.90 Å². The van der Waals surface area contributed by atoms with Gasteiger partial charge in [-0.05, 0) is 51.2 Å². The number of halogens is 3. The summed E-state index contributed by atoms with van der Waals surface area (Å²) in [6.07, 6.45) is -3.10. The first kappa shape index (κ1) is 18.8. The van der Waals surface area contributed by atoms with E-state index >= 15 is 0 Å². The molecule has 1 aliphatic rings. The van der Waals surface area contributed by atoms with Gasteiger partial charge in [-0.15, -0.1) is 0 Å². The third-order valence-corrected chi connectivity index (χ3v) is 4.66. The van der Waals surface area contributed by atoms with Crippen molar-refractivity contribution in [2.24, 2.45) is 23.7 Å². The molecule has 0 radical (unpaired) electrons. The van der Waals surface area contributed by atoms with E-state index in [1.165, 1.54) is 4.90 Å². The van der Waals surface area contributed by atoms with Gasteiger partial charge >= 0.3 is 6.18 Å². The second-order valence-electron chi connectivity index (χ2n) is 7.53. The Morgan fingerprint density at radius 1 is 1.00 bits per heavy atom. The van der Waals surface area contributed by atoms with Crippen LogP contribution in [0.4, 0.5) is 13.2 Å². The van der Waals surface area contributed by atoms with Gasteiger partial charge in [0.15, 0.2) is 0 Å². The number of hydrogen-bond donors (Lipinski definition) is 0. The molecule has 126 valence electrons. The van der Waals surface area contributed by atoms with E-state index in [1.807, 2.05) is 0 Å². The minimum absolute atomic E-state index is 0.397. The van der Waals surface area contributed by atoms with E-state index in [0.717, 1.165) is 6.42 Å². The summed E-state index contributed by atoms with van der Waals surface area (Å²) in [6, 6.07) is -0.873. The van der Waals surface area contributed by atoms with Gasteiger partial charge in [-0.1, -0.05) is 27.7 Å². The molecule has 0 aliphatic heterocycles. The zero-order valence-corrected chi connectivity index (χ0v) is 14.4. The zero-order chi connectivity index (χ0) is 16.5. The van der Waals surface area contributed by atoms with Gasteiger partial charge in [0.05, 0.1) is 0 Å². The van der Waals surface area contributed by atoms with Crippen molar-refractivity contribution in [1.29, 1.82) is 0 Å². The highest BCUT2D eigenvalue weighted by Crippen LogP contribution is 2.46. The van der Waals surface area contributed by atoms with Crippen LogP contribution in [0.25, 0.3) is 0 Å². The van der Waals surface area contributed by atoms with Crippen molar-refractivity contribution in [3.05, 3.63) is 0 Å². The van der Waals surface area contributed by atoms with Crippen LogP contribution in [0.15, 0.2) is 0 Å². The molecule has 0 aromatic carbocycles. The van der Waals surface area contributed by atoms with Crippen molar-refractivity contribution in [2.45, 2.75) is 52.4 Å². The molecule has 1 rings (SSSR count). The quantitative estimate of drug-likeness (QED) is 0.707. The summed E-state index contributed by atoms with van der Waals surface area (Å²) in [4.78, 5) is 3.74. The van der Waals surface area contributed by atoms with Crippen LogP contribution >= 0.6 is 0 Å². The van der Waals surface area contributed by atoms with Crippen LogP contribution in [0, 0.1) is 23.7 Å². The Balaban J connectivity index is 2.63.